The van der Waals surface area contributed by atoms with Crippen molar-refractivity contribution in [3.8, 4) is 0 Å². The molecule has 2 aromatic rings. The van der Waals surface area contributed by atoms with Gasteiger partial charge >= 0.3 is 5.97 Å². The lowest BCUT2D eigenvalue weighted by Gasteiger charge is -2.10. The molecule has 2 heterocycles. The number of aryl methyl sites for hydroxylation is 1. The average Bonchev–Trinajstić information content (AvgIpc) is 3.16. The monoisotopic (exact) mass is 447 g/mol. The molecular formula is C21H25N3O6S. The molecule has 166 valence electrons. The summed E-state index contributed by atoms with van der Waals surface area (Å²) >= 11 is 0. The van der Waals surface area contributed by atoms with E-state index in [2.05, 4.69) is 9.71 Å². The Balaban J connectivity index is 1.67. The Morgan fingerprint density at radius 3 is 2.65 bits per heavy atom. The van der Waals surface area contributed by atoms with E-state index in [0.717, 1.165) is 11.4 Å². The second-order valence-electron chi connectivity index (χ2n) is 7.22. The van der Waals surface area contributed by atoms with Gasteiger partial charge in [-0.3, -0.25) is 14.5 Å². The Bertz CT molecular complexity index is 1150. The van der Waals surface area contributed by atoms with Crippen LogP contribution in [0.25, 0.3) is 0 Å². The SMILES string of the molecule is COCCn1c(C)cc(C(=O)COC(=O)C(C)N=C2NS(=O)(=O)c3ccccc32)c1C. The number of esters is 1. The van der Waals surface area contributed by atoms with E-state index >= 15 is 0 Å². The second kappa shape index (κ2) is 9.03. The highest BCUT2D eigenvalue weighted by molar-refractivity contribution is 7.90. The van der Waals surface area contributed by atoms with Gasteiger partial charge in [0.2, 0.25) is 5.78 Å². The topological polar surface area (TPSA) is 116 Å². The quantitative estimate of drug-likeness (QED) is 0.485. The largest absolute Gasteiger partial charge is 0.456 e. The first-order valence-corrected chi connectivity index (χ1v) is 11.2. The molecule has 10 heteroatoms. The number of aliphatic imine (C=N–C) groups is 1. The van der Waals surface area contributed by atoms with Crippen LogP contribution in [0.15, 0.2) is 40.2 Å². The van der Waals surface area contributed by atoms with E-state index in [-0.39, 0.29) is 16.5 Å². The summed E-state index contributed by atoms with van der Waals surface area (Å²) in [5, 5.41) is 0. The molecule has 0 bridgehead atoms. The molecule has 1 N–H and O–H groups in total. The Morgan fingerprint density at radius 2 is 1.94 bits per heavy atom. The molecule has 0 spiro atoms. The van der Waals surface area contributed by atoms with Crippen LogP contribution in [0.4, 0.5) is 0 Å². The van der Waals surface area contributed by atoms with Crippen LogP contribution in [0.3, 0.4) is 0 Å². The van der Waals surface area contributed by atoms with Gasteiger partial charge in [0.1, 0.15) is 11.9 Å². The lowest BCUT2D eigenvalue weighted by molar-refractivity contribution is -0.143. The standard InChI is InChI=1S/C21H25N3O6S/c1-13-11-17(15(3)24(13)9-10-29-4)18(25)12-30-21(26)14(2)22-20-16-7-5-6-8-19(16)31(27,28)23-20/h5-8,11,14H,9-10,12H2,1-4H3,(H,22,23). The van der Waals surface area contributed by atoms with E-state index in [0.29, 0.717) is 24.3 Å². The van der Waals surface area contributed by atoms with E-state index in [1.165, 1.54) is 13.0 Å². The van der Waals surface area contributed by atoms with Crippen LogP contribution in [0.2, 0.25) is 0 Å². The van der Waals surface area contributed by atoms with Crippen LogP contribution in [-0.4, -0.2) is 56.9 Å². The molecule has 0 saturated heterocycles. The summed E-state index contributed by atoms with van der Waals surface area (Å²) in [5.41, 5.74) is 2.57. The fourth-order valence-corrected chi connectivity index (χ4v) is 4.66. The normalized spacial score (nSPS) is 16.6. The summed E-state index contributed by atoms with van der Waals surface area (Å²) in [6, 6.07) is 7.12. The first-order chi connectivity index (χ1) is 14.7. The van der Waals surface area contributed by atoms with E-state index < -0.39 is 28.6 Å². The van der Waals surface area contributed by atoms with E-state index in [1.54, 1.807) is 31.4 Å². The molecule has 0 amide bonds. The molecule has 1 aliphatic heterocycles. The third-order valence-corrected chi connectivity index (χ3v) is 6.46. The van der Waals surface area contributed by atoms with Gasteiger partial charge in [0.15, 0.2) is 6.61 Å². The molecule has 3 rings (SSSR count). The predicted octanol–water partition coefficient (Wildman–Crippen LogP) is 1.60. The first kappa shape index (κ1) is 22.7. The van der Waals surface area contributed by atoms with Gasteiger partial charge < -0.3 is 14.0 Å². The summed E-state index contributed by atoms with van der Waals surface area (Å²) in [7, 11) is -2.09. The predicted molar refractivity (Wildman–Crippen MR) is 114 cm³/mol. The first-order valence-electron chi connectivity index (χ1n) is 9.71. The minimum absolute atomic E-state index is 0.0769. The van der Waals surface area contributed by atoms with Gasteiger partial charge in [0.25, 0.3) is 10.0 Å². The smallest absolute Gasteiger partial charge is 0.331 e. The number of nitrogens with one attached hydrogen (secondary N) is 1. The van der Waals surface area contributed by atoms with Crippen molar-refractivity contribution in [3.05, 3.63) is 52.8 Å². The summed E-state index contributed by atoms with van der Waals surface area (Å²) < 4.78 is 38.9. The number of nitrogens with zero attached hydrogens (tertiary/aromatic N) is 2. The summed E-state index contributed by atoms with van der Waals surface area (Å²) in [6.45, 7) is 5.91. The van der Waals surface area contributed by atoms with Crippen molar-refractivity contribution >= 4 is 27.6 Å². The lowest BCUT2D eigenvalue weighted by Crippen LogP contribution is -2.27. The maximum Gasteiger partial charge on any atom is 0.331 e. The molecule has 31 heavy (non-hydrogen) atoms. The molecule has 1 atom stereocenters. The van der Waals surface area contributed by atoms with E-state index in [1.807, 2.05) is 18.4 Å². The number of carbonyl (C=O) groups excluding carboxylic acids is 2. The van der Waals surface area contributed by atoms with Crippen LogP contribution in [0, 0.1) is 13.8 Å². The molecule has 1 aliphatic rings. The number of carbonyl (C=O) groups is 2. The Kier molecular flexibility index (Phi) is 6.61. The number of ether oxygens (including phenoxy) is 2. The van der Waals surface area contributed by atoms with Crippen molar-refractivity contribution in [1.29, 1.82) is 0 Å². The minimum atomic E-state index is -3.70. The van der Waals surface area contributed by atoms with Crippen molar-refractivity contribution in [2.45, 2.75) is 38.3 Å². The molecule has 1 unspecified atom stereocenters. The molecule has 9 nitrogen and oxygen atoms in total. The summed E-state index contributed by atoms with van der Waals surface area (Å²) in [4.78, 5) is 29.2. The van der Waals surface area contributed by atoms with Gasteiger partial charge in [0.05, 0.1) is 11.5 Å². The zero-order valence-corrected chi connectivity index (χ0v) is 18.7. The van der Waals surface area contributed by atoms with Crippen molar-refractivity contribution in [1.82, 2.24) is 9.29 Å². The maximum absolute atomic E-state index is 12.6. The van der Waals surface area contributed by atoms with Gasteiger partial charge in [-0.1, -0.05) is 12.1 Å². The Morgan fingerprint density at radius 1 is 1.23 bits per heavy atom. The Hall–Kier alpha value is -2.98. The number of sulfonamides is 1. The van der Waals surface area contributed by atoms with Crippen LogP contribution in [0.5, 0.6) is 0 Å². The third kappa shape index (κ3) is 4.70. The number of benzene rings is 1. The number of amidine groups is 1. The van der Waals surface area contributed by atoms with Crippen LogP contribution in [-0.2, 0) is 30.8 Å². The molecule has 0 radical (unpaired) electrons. The van der Waals surface area contributed by atoms with E-state index in [4.69, 9.17) is 9.47 Å². The number of aromatic nitrogens is 1. The summed E-state index contributed by atoms with van der Waals surface area (Å²) in [5.74, 6) is -0.970. The van der Waals surface area contributed by atoms with Gasteiger partial charge in [-0.15, -0.1) is 0 Å². The van der Waals surface area contributed by atoms with E-state index in [9.17, 15) is 18.0 Å². The number of methoxy groups -OCH3 is 1. The molecule has 0 aliphatic carbocycles. The van der Waals surface area contributed by atoms with Crippen molar-refractivity contribution in [3.63, 3.8) is 0 Å². The molecule has 0 fully saturated rings. The number of rotatable bonds is 8. The molecular weight excluding hydrogens is 422 g/mol. The number of ketones is 1. The number of fused-ring (bicyclic) bond motifs is 1. The van der Waals surface area contributed by atoms with Crippen LogP contribution >= 0.6 is 0 Å². The molecule has 1 aromatic carbocycles. The fraction of sp³-hybridized carbons (Fsp3) is 0.381. The number of hydrogen-bond acceptors (Lipinski definition) is 7. The zero-order valence-electron chi connectivity index (χ0n) is 17.8. The highest BCUT2D eigenvalue weighted by atomic mass is 32.2. The minimum Gasteiger partial charge on any atom is -0.456 e. The Labute approximate surface area is 181 Å². The number of Topliss-reactive ketones (excluding diaryl/α,β-unsaturated/α-hetero) is 1. The van der Waals surface area contributed by atoms with Crippen molar-refractivity contribution in [2.24, 2.45) is 4.99 Å². The molecule has 0 saturated carbocycles. The van der Waals surface area contributed by atoms with Crippen molar-refractivity contribution < 1.29 is 27.5 Å². The average molecular weight is 448 g/mol. The molecule has 1 aromatic heterocycles. The van der Waals surface area contributed by atoms with Gasteiger partial charge in [-0.05, 0) is 39.0 Å². The maximum atomic E-state index is 12.6. The van der Waals surface area contributed by atoms with Crippen molar-refractivity contribution in [2.75, 3.05) is 20.3 Å². The van der Waals surface area contributed by atoms with Crippen LogP contribution < -0.4 is 4.72 Å². The number of hydrogen-bond donors (Lipinski definition) is 1. The highest BCUT2D eigenvalue weighted by Gasteiger charge is 2.31. The fourth-order valence-electron chi connectivity index (χ4n) is 3.42. The zero-order chi connectivity index (χ0) is 22.8. The third-order valence-electron chi connectivity index (χ3n) is 5.07. The highest BCUT2D eigenvalue weighted by Crippen LogP contribution is 2.22. The van der Waals surface area contributed by atoms with Gasteiger partial charge in [-0.2, -0.15) is 0 Å². The summed E-state index contributed by atoms with van der Waals surface area (Å²) in [6.07, 6.45) is 0. The second-order valence-corrected chi connectivity index (χ2v) is 8.87. The van der Waals surface area contributed by atoms with Gasteiger partial charge in [-0.25, -0.2) is 13.2 Å². The lowest BCUT2D eigenvalue weighted by atomic mass is 10.1. The van der Waals surface area contributed by atoms with Crippen LogP contribution in [0.1, 0.15) is 34.2 Å². The van der Waals surface area contributed by atoms with Gasteiger partial charge in [0, 0.05) is 36.2 Å².